The van der Waals surface area contributed by atoms with Crippen molar-refractivity contribution in [2.75, 3.05) is 13.2 Å². The standard InChI is InChI=1S/C54H105NO8/c1-3-5-7-9-11-12-13-14-15-16-17-18-19-20-21-22-23-24-25-26-27-28-29-30-31-32-33-34-35-36-38-40-42-44-50(58)55-47(48(57)43-41-39-37-10-8-6-4-2)46-62-54-53(61)52(60)51(59)49(45-56)63-54/h16-17,47-49,51-54,56-57,59-61H,3-15,18-46H2,1-2H3,(H,55,58)/b17-16-. The molecule has 1 saturated heterocycles. The Morgan fingerprint density at radius 1 is 0.524 bits per heavy atom. The maximum absolute atomic E-state index is 12.9. The maximum atomic E-state index is 12.9. The maximum Gasteiger partial charge on any atom is 0.220 e. The summed E-state index contributed by atoms with van der Waals surface area (Å²) >= 11 is 0. The van der Waals surface area contributed by atoms with E-state index in [9.17, 15) is 30.3 Å². The molecule has 1 aliphatic rings. The van der Waals surface area contributed by atoms with Crippen LogP contribution in [-0.4, -0.2) is 87.5 Å². The van der Waals surface area contributed by atoms with E-state index in [1.165, 1.54) is 205 Å². The summed E-state index contributed by atoms with van der Waals surface area (Å²) in [6.45, 7) is 3.80. The van der Waals surface area contributed by atoms with Crippen LogP contribution in [0.4, 0.5) is 0 Å². The molecule has 0 radical (unpaired) electrons. The first-order valence-corrected chi connectivity index (χ1v) is 27.4. The van der Waals surface area contributed by atoms with Crippen LogP contribution < -0.4 is 5.32 Å². The Morgan fingerprint density at radius 3 is 1.29 bits per heavy atom. The lowest BCUT2D eigenvalue weighted by atomic mass is 9.99. The number of hydrogen-bond donors (Lipinski definition) is 6. The molecule has 1 fully saturated rings. The van der Waals surface area contributed by atoms with Crippen molar-refractivity contribution in [3.8, 4) is 0 Å². The third-order valence-corrected chi connectivity index (χ3v) is 13.4. The van der Waals surface area contributed by atoms with E-state index in [0.717, 1.165) is 38.5 Å². The van der Waals surface area contributed by atoms with Gasteiger partial charge in [0.05, 0.1) is 25.4 Å². The summed E-state index contributed by atoms with van der Waals surface area (Å²) in [5.41, 5.74) is 0. The Kier molecular flexibility index (Phi) is 42.6. The molecule has 9 nitrogen and oxygen atoms in total. The number of carbonyl (C=O) groups excluding carboxylic acids is 1. The Balaban J connectivity index is 2.01. The summed E-state index contributed by atoms with van der Waals surface area (Å²) in [6, 6.07) is -0.711. The number of nitrogens with one attached hydrogen (secondary N) is 1. The van der Waals surface area contributed by atoms with Gasteiger partial charge in [0.1, 0.15) is 24.4 Å². The molecule has 9 heteroatoms. The average Bonchev–Trinajstić information content (AvgIpc) is 3.28. The average molecular weight is 896 g/mol. The van der Waals surface area contributed by atoms with Gasteiger partial charge in [-0.3, -0.25) is 4.79 Å². The number of aliphatic hydroxyl groups excluding tert-OH is 5. The highest BCUT2D eigenvalue weighted by Gasteiger charge is 2.44. The predicted molar refractivity (Wildman–Crippen MR) is 263 cm³/mol. The number of aliphatic hydroxyl groups is 5. The van der Waals surface area contributed by atoms with Gasteiger partial charge in [-0.25, -0.2) is 0 Å². The highest BCUT2D eigenvalue weighted by molar-refractivity contribution is 5.76. The highest BCUT2D eigenvalue weighted by atomic mass is 16.7. The largest absolute Gasteiger partial charge is 0.394 e. The van der Waals surface area contributed by atoms with Crippen molar-refractivity contribution in [1.29, 1.82) is 0 Å². The molecule has 6 N–H and O–H groups in total. The minimum absolute atomic E-state index is 0.134. The van der Waals surface area contributed by atoms with Gasteiger partial charge in [-0.2, -0.15) is 0 Å². The third kappa shape index (κ3) is 34.8. The van der Waals surface area contributed by atoms with Crippen molar-refractivity contribution in [2.24, 2.45) is 0 Å². The van der Waals surface area contributed by atoms with Crippen LogP contribution in [0.2, 0.25) is 0 Å². The van der Waals surface area contributed by atoms with Crippen LogP contribution in [0.25, 0.3) is 0 Å². The summed E-state index contributed by atoms with van der Waals surface area (Å²) in [5.74, 6) is -0.143. The summed E-state index contributed by atoms with van der Waals surface area (Å²) in [7, 11) is 0. The van der Waals surface area contributed by atoms with E-state index < -0.39 is 49.5 Å². The number of carbonyl (C=O) groups is 1. The van der Waals surface area contributed by atoms with Crippen LogP contribution >= 0.6 is 0 Å². The minimum Gasteiger partial charge on any atom is -0.394 e. The second-order valence-electron chi connectivity index (χ2n) is 19.4. The van der Waals surface area contributed by atoms with Crippen molar-refractivity contribution >= 4 is 5.91 Å². The quantitative estimate of drug-likeness (QED) is 0.0261. The summed E-state index contributed by atoms with van der Waals surface area (Å²) < 4.78 is 11.2. The van der Waals surface area contributed by atoms with Gasteiger partial charge < -0.3 is 40.3 Å². The van der Waals surface area contributed by atoms with Crippen LogP contribution in [0, 0.1) is 0 Å². The molecule has 0 spiro atoms. The first-order valence-electron chi connectivity index (χ1n) is 27.4. The van der Waals surface area contributed by atoms with Gasteiger partial charge >= 0.3 is 0 Å². The Labute approximate surface area is 388 Å². The lowest BCUT2D eigenvalue weighted by Gasteiger charge is -2.40. The van der Waals surface area contributed by atoms with E-state index in [-0.39, 0.29) is 12.5 Å². The van der Waals surface area contributed by atoms with Crippen LogP contribution in [0.5, 0.6) is 0 Å². The summed E-state index contributed by atoms with van der Waals surface area (Å²) in [6.07, 6.45) is 47.2. The van der Waals surface area contributed by atoms with Gasteiger partial charge in [0.25, 0.3) is 0 Å². The number of amides is 1. The first-order chi connectivity index (χ1) is 30.8. The number of hydrogen-bond acceptors (Lipinski definition) is 8. The molecule has 1 amide bonds. The first kappa shape index (κ1) is 59.9. The molecule has 63 heavy (non-hydrogen) atoms. The van der Waals surface area contributed by atoms with Crippen LogP contribution in [-0.2, 0) is 14.3 Å². The molecule has 374 valence electrons. The fourth-order valence-corrected chi connectivity index (χ4v) is 8.98. The number of ether oxygens (including phenoxy) is 2. The zero-order chi connectivity index (χ0) is 45.9. The second kappa shape index (κ2) is 44.7. The highest BCUT2D eigenvalue weighted by Crippen LogP contribution is 2.23. The van der Waals surface area contributed by atoms with Crippen molar-refractivity contribution < 1.29 is 39.8 Å². The van der Waals surface area contributed by atoms with Crippen molar-refractivity contribution in [2.45, 2.75) is 314 Å². The van der Waals surface area contributed by atoms with Crippen molar-refractivity contribution in [1.82, 2.24) is 5.32 Å². The molecule has 0 bridgehead atoms. The molecule has 0 aliphatic carbocycles. The number of unbranched alkanes of at least 4 members (excludes halogenated alkanes) is 35. The van der Waals surface area contributed by atoms with Gasteiger partial charge in [-0.15, -0.1) is 0 Å². The summed E-state index contributed by atoms with van der Waals surface area (Å²) in [4.78, 5) is 12.9. The molecule has 0 saturated carbocycles. The van der Waals surface area contributed by atoms with Crippen LogP contribution in [0.1, 0.15) is 271 Å². The SMILES string of the molecule is CCCCCCCCCC/C=C\CCCCCCCCCCCCCCCCCCCCCCCC(=O)NC(COC1OC(CO)C(O)C(O)C1O)C(O)CCCCCCCCC. The fraction of sp³-hybridized carbons (Fsp3) is 0.944. The van der Waals surface area contributed by atoms with E-state index in [2.05, 4.69) is 31.3 Å². The van der Waals surface area contributed by atoms with Crippen molar-refractivity contribution in [3.05, 3.63) is 12.2 Å². The molecule has 0 aromatic carbocycles. The molecule has 1 heterocycles. The van der Waals surface area contributed by atoms with Crippen molar-refractivity contribution in [3.63, 3.8) is 0 Å². The van der Waals surface area contributed by atoms with E-state index in [0.29, 0.717) is 12.8 Å². The molecule has 0 aromatic rings. The lowest BCUT2D eigenvalue weighted by Crippen LogP contribution is -2.60. The normalized spacial score (nSPS) is 20.1. The predicted octanol–water partition coefficient (Wildman–Crippen LogP) is 12.8. The molecular weight excluding hydrogens is 791 g/mol. The smallest absolute Gasteiger partial charge is 0.220 e. The molecule has 0 aromatic heterocycles. The van der Waals surface area contributed by atoms with Gasteiger partial charge in [0.2, 0.25) is 5.91 Å². The molecular formula is C54H105NO8. The lowest BCUT2D eigenvalue weighted by molar-refractivity contribution is -0.302. The van der Waals surface area contributed by atoms with E-state index in [1.54, 1.807) is 0 Å². The molecule has 7 unspecified atom stereocenters. The minimum atomic E-state index is -1.55. The monoisotopic (exact) mass is 896 g/mol. The molecule has 1 aliphatic heterocycles. The zero-order valence-corrected chi connectivity index (χ0v) is 41.4. The van der Waals surface area contributed by atoms with E-state index in [1.807, 2.05) is 0 Å². The zero-order valence-electron chi connectivity index (χ0n) is 41.4. The van der Waals surface area contributed by atoms with Crippen LogP contribution in [0.3, 0.4) is 0 Å². The van der Waals surface area contributed by atoms with Gasteiger partial charge in [-0.05, 0) is 38.5 Å². The van der Waals surface area contributed by atoms with Gasteiger partial charge in [-0.1, -0.05) is 238 Å². The van der Waals surface area contributed by atoms with E-state index in [4.69, 9.17) is 9.47 Å². The topological polar surface area (TPSA) is 149 Å². The molecule has 7 atom stereocenters. The Hall–Kier alpha value is -1.07. The second-order valence-corrected chi connectivity index (χ2v) is 19.4. The summed E-state index contributed by atoms with van der Waals surface area (Å²) in [5, 5.41) is 54.2. The Bertz CT molecular complexity index is 997. The Morgan fingerprint density at radius 2 is 0.889 bits per heavy atom. The van der Waals surface area contributed by atoms with Gasteiger partial charge in [0, 0.05) is 6.42 Å². The molecule has 1 rings (SSSR count). The van der Waals surface area contributed by atoms with E-state index >= 15 is 0 Å². The number of rotatable bonds is 47. The van der Waals surface area contributed by atoms with Crippen LogP contribution in [0.15, 0.2) is 12.2 Å². The fourth-order valence-electron chi connectivity index (χ4n) is 8.98. The third-order valence-electron chi connectivity index (χ3n) is 13.4. The number of allylic oxidation sites excluding steroid dienone is 2. The van der Waals surface area contributed by atoms with Gasteiger partial charge in [0.15, 0.2) is 6.29 Å².